The number of nitrogens with zero attached hydrogens (tertiary/aromatic N) is 1. The number of carbonyl (C=O) groups excluding carboxylic acids is 2. The number of rotatable bonds is 2. The van der Waals surface area contributed by atoms with Crippen molar-refractivity contribution in [1.29, 1.82) is 0 Å². The zero-order valence-electron chi connectivity index (χ0n) is 11.4. The van der Waals surface area contributed by atoms with Crippen LogP contribution in [0, 0.1) is 18.8 Å². The van der Waals surface area contributed by atoms with Gasteiger partial charge in [0.15, 0.2) is 0 Å². The summed E-state index contributed by atoms with van der Waals surface area (Å²) in [5.41, 5.74) is 1.64. The Kier molecular flexibility index (Phi) is 4.09. The van der Waals surface area contributed by atoms with E-state index in [0.717, 1.165) is 10.0 Å². The Morgan fingerprint density at radius 3 is 2.63 bits per heavy atom. The van der Waals surface area contributed by atoms with E-state index in [1.807, 2.05) is 13.0 Å². The summed E-state index contributed by atoms with van der Waals surface area (Å²) in [6.45, 7) is 6.69. The van der Waals surface area contributed by atoms with Gasteiger partial charge >= 0.3 is 0 Å². The van der Waals surface area contributed by atoms with Crippen molar-refractivity contribution >= 4 is 27.7 Å². The Morgan fingerprint density at radius 2 is 2.11 bits per heavy atom. The monoisotopic (exact) mass is 323 g/mol. The van der Waals surface area contributed by atoms with E-state index in [2.05, 4.69) is 29.8 Å². The molecule has 1 unspecified atom stereocenters. The molecule has 0 N–H and O–H groups in total. The lowest BCUT2D eigenvalue weighted by Gasteiger charge is -2.16. The summed E-state index contributed by atoms with van der Waals surface area (Å²) in [6.07, 6.45) is 0.483. The van der Waals surface area contributed by atoms with Crippen LogP contribution in [-0.4, -0.2) is 23.3 Å². The molecule has 1 aromatic rings. The molecule has 1 fully saturated rings. The predicted molar refractivity (Wildman–Crippen MR) is 77.9 cm³/mol. The molecule has 0 radical (unpaired) electrons. The van der Waals surface area contributed by atoms with Crippen LogP contribution in [0.15, 0.2) is 22.7 Å². The van der Waals surface area contributed by atoms with E-state index in [1.54, 1.807) is 12.1 Å². The molecule has 0 bridgehead atoms. The van der Waals surface area contributed by atoms with Crippen molar-refractivity contribution in [3.63, 3.8) is 0 Å². The highest BCUT2D eigenvalue weighted by Gasteiger charge is 2.35. The fraction of sp³-hybridized carbons (Fsp3) is 0.467. The van der Waals surface area contributed by atoms with Crippen LogP contribution in [0.2, 0.25) is 0 Å². The van der Waals surface area contributed by atoms with Gasteiger partial charge in [-0.3, -0.25) is 14.5 Å². The molecule has 1 aliphatic rings. The average molecular weight is 324 g/mol. The number of aryl methyl sites for hydroxylation is 1. The second-order valence-electron chi connectivity index (χ2n) is 5.48. The highest BCUT2D eigenvalue weighted by Crippen LogP contribution is 2.27. The minimum Gasteiger partial charge on any atom is -0.278 e. The number of imide groups is 1. The SMILES string of the molecule is Cc1ccc(C(=O)N2CC(C(C)C)CC2=O)cc1Br. The van der Waals surface area contributed by atoms with E-state index in [9.17, 15) is 9.59 Å². The van der Waals surface area contributed by atoms with Crippen LogP contribution >= 0.6 is 15.9 Å². The Bertz CT molecular complexity index is 525. The summed E-state index contributed by atoms with van der Waals surface area (Å²) in [4.78, 5) is 25.7. The molecule has 0 aliphatic carbocycles. The van der Waals surface area contributed by atoms with Gasteiger partial charge in [0, 0.05) is 23.0 Å². The first-order valence-corrected chi connectivity index (χ1v) is 7.30. The number of halogens is 1. The predicted octanol–water partition coefficient (Wildman–Crippen LogP) is 3.40. The first-order chi connectivity index (χ1) is 8.90. The number of benzene rings is 1. The maximum absolute atomic E-state index is 12.4. The van der Waals surface area contributed by atoms with Gasteiger partial charge in [0.2, 0.25) is 5.91 Å². The van der Waals surface area contributed by atoms with Crippen molar-refractivity contribution in [3.05, 3.63) is 33.8 Å². The largest absolute Gasteiger partial charge is 0.278 e. The maximum atomic E-state index is 12.4. The van der Waals surface area contributed by atoms with E-state index in [-0.39, 0.29) is 17.7 Å². The van der Waals surface area contributed by atoms with Gasteiger partial charge in [-0.05, 0) is 36.5 Å². The molecule has 4 heteroatoms. The Hall–Kier alpha value is -1.16. The third-order valence-electron chi connectivity index (χ3n) is 3.76. The third-order valence-corrected chi connectivity index (χ3v) is 4.62. The smallest absolute Gasteiger partial charge is 0.260 e. The van der Waals surface area contributed by atoms with Gasteiger partial charge in [-0.1, -0.05) is 35.8 Å². The number of amides is 2. The number of hydrogen-bond donors (Lipinski definition) is 0. The summed E-state index contributed by atoms with van der Waals surface area (Å²) in [5, 5.41) is 0. The fourth-order valence-corrected chi connectivity index (χ4v) is 2.64. The van der Waals surface area contributed by atoms with Crippen LogP contribution in [0.4, 0.5) is 0 Å². The zero-order chi connectivity index (χ0) is 14.2. The topological polar surface area (TPSA) is 37.4 Å². The van der Waals surface area contributed by atoms with Crippen molar-refractivity contribution in [1.82, 2.24) is 4.90 Å². The first-order valence-electron chi connectivity index (χ1n) is 6.51. The van der Waals surface area contributed by atoms with E-state index in [0.29, 0.717) is 24.4 Å². The second kappa shape index (κ2) is 5.45. The lowest BCUT2D eigenvalue weighted by atomic mass is 9.95. The molecule has 1 aromatic carbocycles. The molecule has 1 saturated heterocycles. The van der Waals surface area contributed by atoms with Gasteiger partial charge in [0.05, 0.1) is 0 Å². The van der Waals surface area contributed by atoms with Crippen LogP contribution in [0.1, 0.15) is 36.2 Å². The molecule has 19 heavy (non-hydrogen) atoms. The number of hydrogen-bond acceptors (Lipinski definition) is 2. The summed E-state index contributed by atoms with van der Waals surface area (Å²) in [7, 11) is 0. The second-order valence-corrected chi connectivity index (χ2v) is 6.34. The lowest BCUT2D eigenvalue weighted by Crippen LogP contribution is -2.32. The highest BCUT2D eigenvalue weighted by atomic mass is 79.9. The zero-order valence-corrected chi connectivity index (χ0v) is 13.0. The quantitative estimate of drug-likeness (QED) is 0.782. The van der Waals surface area contributed by atoms with E-state index in [1.165, 1.54) is 4.90 Å². The van der Waals surface area contributed by atoms with Gasteiger partial charge < -0.3 is 0 Å². The van der Waals surface area contributed by atoms with Crippen molar-refractivity contribution in [2.75, 3.05) is 6.54 Å². The third kappa shape index (κ3) is 2.89. The number of carbonyl (C=O) groups is 2. The van der Waals surface area contributed by atoms with Gasteiger partial charge in [-0.15, -0.1) is 0 Å². The Labute approximate surface area is 122 Å². The summed E-state index contributed by atoms with van der Waals surface area (Å²) < 4.78 is 0.894. The fourth-order valence-electron chi connectivity index (χ4n) is 2.26. The van der Waals surface area contributed by atoms with Crippen molar-refractivity contribution in [2.45, 2.75) is 27.2 Å². The molecule has 2 amide bonds. The number of likely N-dealkylation sites (tertiary alicyclic amines) is 1. The summed E-state index contributed by atoms with van der Waals surface area (Å²) in [6, 6.07) is 5.45. The van der Waals surface area contributed by atoms with Crippen LogP contribution in [-0.2, 0) is 4.79 Å². The molecular weight excluding hydrogens is 306 g/mol. The van der Waals surface area contributed by atoms with Crippen molar-refractivity contribution in [3.8, 4) is 0 Å². The van der Waals surface area contributed by atoms with Crippen LogP contribution < -0.4 is 0 Å². The standard InChI is InChI=1S/C15H18BrNO2/c1-9(2)12-7-14(18)17(8-12)15(19)11-5-4-10(3)13(16)6-11/h4-6,9,12H,7-8H2,1-3H3. The lowest BCUT2D eigenvalue weighted by molar-refractivity contribution is -0.125. The molecule has 3 nitrogen and oxygen atoms in total. The minimum absolute atomic E-state index is 0.0552. The molecule has 1 aliphatic heterocycles. The van der Waals surface area contributed by atoms with Crippen LogP contribution in [0.5, 0.6) is 0 Å². The average Bonchev–Trinajstić information content (AvgIpc) is 2.74. The van der Waals surface area contributed by atoms with Gasteiger partial charge in [-0.2, -0.15) is 0 Å². The van der Waals surface area contributed by atoms with Gasteiger partial charge in [0.1, 0.15) is 0 Å². The highest BCUT2D eigenvalue weighted by molar-refractivity contribution is 9.10. The first kappa shape index (κ1) is 14.3. The molecular formula is C15H18BrNO2. The molecule has 0 spiro atoms. The van der Waals surface area contributed by atoms with Gasteiger partial charge in [0.25, 0.3) is 5.91 Å². The molecule has 0 aromatic heterocycles. The Morgan fingerprint density at radius 1 is 1.42 bits per heavy atom. The van der Waals surface area contributed by atoms with Crippen molar-refractivity contribution < 1.29 is 9.59 Å². The van der Waals surface area contributed by atoms with Crippen LogP contribution in [0.25, 0.3) is 0 Å². The van der Waals surface area contributed by atoms with Crippen LogP contribution in [0.3, 0.4) is 0 Å². The molecule has 1 atom stereocenters. The van der Waals surface area contributed by atoms with Crippen molar-refractivity contribution in [2.24, 2.45) is 11.8 Å². The molecule has 2 rings (SSSR count). The molecule has 0 saturated carbocycles. The summed E-state index contributed by atoms with van der Waals surface area (Å²) in [5.74, 6) is 0.464. The van der Waals surface area contributed by atoms with Gasteiger partial charge in [-0.25, -0.2) is 0 Å². The summed E-state index contributed by atoms with van der Waals surface area (Å²) >= 11 is 3.42. The Balaban J connectivity index is 2.20. The van der Waals surface area contributed by atoms with E-state index < -0.39 is 0 Å². The maximum Gasteiger partial charge on any atom is 0.260 e. The normalized spacial score (nSPS) is 19.3. The molecule has 1 heterocycles. The molecule has 102 valence electrons. The van der Waals surface area contributed by atoms with E-state index >= 15 is 0 Å². The minimum atomic E-state index is -0.186. The van der Waals surface area contributed by atoms with E-state index in [4.69, 9.17) is 0 Å².